The maximum atomic E-state index is 11.3. The van der Waals surface area contributed by atoms with Crippen molar-refractivity contribution in [3.05, 3.63) is 12.5 Å². The van der Waals surface area contributed by atoms with Crippen LogP contribution in [0.15, 0.2) is 12.5 Å². The molecule has 0 saturated carbocycles. The molecule has 7 nitrogen and oxygen atoms in total. The van der Waals surface area contributed by atoms with E-state index in [0.29, 0.717) is 19.5 Å². The highest BCUT2D eigenvalue weighted by Gasteiger charge is 2.18. The third-order valence-electron chi connectivity index (χ3n) is 3.12. The van der Waals surface area contributed by atoms with Crippen molar-refractivity contribution < 1.29 is 4.79 Å². The van der Waals surface area contributed by atoms with Crippen LogP contribution in [-0.2, 0) is 11.8 Å². The topological polar surface area (TPSA) is 75.9 Å². The van der Waals surface area contributed by atoms with Gasteiger partial charge in [-0.15, -0.1) is 0 Å². The Bertz CT molecular complexity index is 592. The van der Waals surface area contributed by atoms with Crippen LogP contribution in [0.4, 0.5) is 5.82 Å². The van der Waals surface area contributed by atoms with Gasteiger partial charge >= 0.3 is 0 Å². The molecule has 18 heavy (non-hydrogen) atoms. The molecule has 7 heteroatoms. The van der Waals surface area contributed by atoms with E-state index in [0.717, 1.165) is 23.4 Å². The third kappa shape index (κ3) is 1.77. The second-order valence-corrected chi connectivity index (χ2v) is 4.29. The molecule has 0 radical (unpaired) electrons. The molecule has 3 rings (SSSR count). The first-order chi connectivity index (χ1) is 8.75. The Hall–Kier alpha value is -2.18. The van der Waals surface area contributed by atoms with Crippen LogP contribution in [0.2, 0.25) is 0 Å². The lowest BCUT2D eigenvalue weighted by Gasteiger charge is -2.20. The van der Waals surface area contributed by atoms with E-state index in [-0.39, 0.29) is 5.91 Å². The van der Waals surface area contributed by atoms with Crippen LogP contribution in [0.25, 0.3) is 11.0 Å². The molecular weight excluding hydrogens is 232 g/mol. The number of hydrogen-bond acceptors (Lipinski definition) is 5. The van der Waals surface area contributed by atoms with Gasteiger partial charge in [0, 0.05) is 33.1 Å². The molecule has 1 amide bonds. The first-order valence-electron chi connectivity index (χ1n) is 5.90. The molecule has 0 spiro atoms. The molecule has 2 aromatic rings. The van der Waals surface area contributed by atoms with E-state index in [9.17, 15) is 4.79 Å². The lowest BCUT2D eigenvalue weighted by atomic mass is 10.3. The highest BCUT2D eigenvalue weighted by Crippen LogP contribution is 2.22. The van der Waals surface area contributed by atoms with Crippen molar-refractivity contribution in [1.29, 1.82) is 0 Å². The van der Waals surface area contributed by atoms with Gasteiger partial charge in [-0.2, -0.15) is 5.10 Å². The molecule has 1 fully saturated rings. The zero-order chi connectivity index (χ0) is 12.5. The fourth-order valence-electron chi connectivity index (χ4n) is 2.18. The number of aryl methyl sites for hydroxylation is 1. The maximum Gasteiger partial charge on any atom is 0.221 e. The summed E-state index contributed by atoms with van der Waals surface area (Å²) in [6.07, 6.45) is 3.80. The predicted molar refractivity (Wildman–Crippen MR) is 66.1 cm³/mol. The standard InChI is InChI=1S/C11H14N6O/c1-16-10-8(6-15-16)11(14-7-13-10)17-4-2-9(18)12-3-5-17/h6-7H,2-5H2,1H3,(H,12,18). The van der Waals surface area contributed by atoms with Gasteiger partial charge in [0.1, 0.15) is 12.1 Å². The van der Waals surface area contributed by atoms with Gasteiger partial charge in [-0.3, -0.25) is 9.48 Å². The summed E-state index contributed by atoms with van der Waals surface area (Å²) in [7, 11) is 1.85. The summed E-state index contributed by atoms with van der Waals surface area (Å²) in [5.74, 6) is 0.943. The number of fused-ring (bicyclic) bond motifs is 1. The molecule has 3 heterocycles. The Morgan fingerprint density at radius 1 is 1.33 bits per heavy atom. The highest BCUT2D eigenvalue weighted by atomic mass is 16.1. The summed E-state index contributed by atoms with van der Waals surface area (Å²) >= 11 is 0. The largest absolute Gasteiger partial charge is 0.354 e. The average Bonchev–Trinajstić information content (AvgIpc) is 2.62. The smallest absolute Gasteiger partial charge is 0.221 e. The van der Waals surface area contributed by atoms with E-state index in [1.807, 2.05) is 7.05 Å². The molecule has 1 saturated heterocycles. The van der Waals surface area contributed by atoms with Crippen molar-refractivity contribution in [1.82, 2.24) is 25.1 Å². The minimum Gasteiger partial charge on any atom is -0.354 e. The number of amides is 1. The first-order valence-corrected chi connectivity index (χ1v) is 5.90. The van der Waals surface area contributed by atoms with Crippen molar-refractivity contribution >= 4 is 22.8 Å². The van der Waals surface area contributed by atoms with E-state index in [1.165, 1.54) is 0 Å². The number of aromatic nitrogens is 4. The van der Waals surface area contributed by atoms with Crippen LogP contribution >= 0.6 is 0 Å². The Kier molecular flexibility index (Phi) is 2.58. The van der Waals surface area contributed by atoms with E-state index < -0.39 is 0 Å². The number of nitrogens with zero attached hydrogens (tertiary/aromatic N) is 5. The van der Waals surface area contributed by atoms with Crippen molar-refractivity contribution in [2.75, 3.05) is 24.5 Å². The van der Waals surface area contributed by atoms with Crippen molar-refractivity contribution in [3.63, 3.8) is 0 Å². The van der Waals surface area contributed by atoms with Gasteiger partial charge in [0.05, 0.1) is 11.6 Å². The molecule has 2 aromatic heterocycles. The van der Waals surface area contributed by atoms with Crippen molar-refractivity contribution in [2.24, 2.45) is 7.05 Å². The lowest BCUT2D eigenvalue weighted by molar-refractivity contribution is -0.120. The second-order valence-electron chi connectivity index (χ2n) is 4.29. The van der Waals surface area contributed by atoms with Gasteiger partial charge in [-0.1, -0.05) is 0 Å². The van der Waals surface area contributed by atoms with Gasteiger partial charge in [0.15, 0.2) is 5.65 Å². The van der Waals surface area contributed by atoms with Crippen LogP contribution in [-0.4, -0.2) is 45.3 Å². The summed E-state index contributed by atoms with van der Waals surface area (Å²) in [6, 6.07) is 0. The molecule has 1 N–H and O–H groups in total. The van der Waals surface area contributed by atoms with Crippen molar-refractivity contribution in [2.45, 2.75) is 6.42 Å². The van der Waals surface area contributed by atoms with E-state index in [4.69, 9.17) is 0 Å². The number of nitrogens with one attached hydrogen (secondary N) is 1. The zero-order valence-electron chi connectivity index (χ0n) is 10.1. The predicted octanol–water partition coefficient (Wildman–Crippen LogP) is -0.310. The number of carbonyl (C=O) groups excluding carboxylic acids is 1. The number of hydrogen-bond donors (Lipinski definition) is 1. The van der Waals surface area contributed by atoms with Crippen LogP contribution in [0.1, 0.15) is 6.42 Å². The molecule has 0 aliphatic carbocycles. The molecule has 0 bridgehead atoms. The molecule has 0 unspecified atom stereocenters. The zero-order valence-corrected chi connectivity index (χ0v) is 10.1. The van der Waals surface area contributed by atoms with Gasteiger partial charge < -0.3 is 10.2 Å². The first kappa shape index (κ1) is 10.9. The SMILES string of the molecule is Cn1ncc2c(N3CCNC(=O)CC3)ncnc21. The van der Waals surface area contributed by atoms with Crippen molar-refractivity contribution in [3.8, 4) is 0 Å². The van der Waals surface area contributed by atoms with Crippen LogP contribution in [0.5, 0.6) is 0 Å². The van der Waals surface area contributed by atoms with Gasteiger partial charge in [0.2, 0.25) is 5.91 Å². The summed E-state index contributed by atoms with van der Waals surface area (Å²) in [5.41, 5.74) is 0.809. The maximum absolute atomic E-state index is 11.3. The molecule has 1 aliphatic heterocycles. The van der Waals surface area contributed by atoms with E-state index in [1.54, 1.807) is 17.2 Å². The van der Waals surface area contributed by atoms with E-state index >= 15 is 0 Å². The molecule has 0 atom stereocenters. The van der Waals surface area contributed by atoms with Gasteiger partial charge in [-0.25, -0.2) is 9.97 Å². The molecule has 0 aromatic carbocycles. The highest BCUT2D eigenvalue weighted by molar-refractivity contribution is 5.87. The molecular formula is C11H14N6O. The summed E-state index contributed by atoms with van der Waals surface area (Å²) in [6.45, 7) is 2.07. The Balaban J connectivity index is 2.00. The van der Waals surface area contributed by atoms with Gasteiger partial charge in [-0.05, 0) is 0 Å². The normalized spacial score (nSPS) is 16.7. The summed E-state index contributed by atoms with van der Waals surface area (Å²) in [4.78, 5) is 22.0. The summed E-state index contributed by atoms with van der Waals surface area (Å²) in [5, 5.41) is 7.97. The van der Waals surface area contributed by atoms with E-state index in [2.05, 4.69) is 25.3 Å². The molecule has 94 valence electrons. The Morgan fingerprint density at radius 3 is 3.11 bits per heavy atom. The van der Waals surface area contributed by atoms with Crippen LogP contribution in [0.3, 0.4) is 0 Å². The Morgan fingerprint density at radius 2 is 2.22 bits per heavy atom. The fourth-order valence-corrected chi connectivity index (χ4v) is 2.18. The van der Waals surface area contributed by atoms with Crippen LogP contribution < -0.4 is 10.2 Å². The summed E-state index contributed by atoms with van der Waals surface area (Å²) < 4.78 is 1.72. The second kappa shape index (κ2) is 4.25. The van der Waals surface area contributed by atoms with Gasteiger partial charge in [0.25, 0.3) is 0 Å². The minimum absolute atomic E-state index is 0.0917. The Labute approximate surface area is 104 Å². The van der Waals surface area contributed by atoms with Crippen LogP contribution in [0, 0.1) is 0 Å². The fraction of sp³-hybridized carbons (Fsp3) is 0.455. The minimum atomic E-state index is 0.0917. The third-order valence-corrected chi connectivity index (χ3v) is 3.12. The quantitative estimate of drug-likeness (QED) is 0.747. The lowest BCUT2D eigenvalue weighted by Crippen LogP contribution is -2.29. The number of rotatable bonds is 1. The average molecular weight is 246 g/mol. The molecule has 1 aliphatic rings. The monoisotopic (exact) mass is 246 g/mol. The number of anilines is 1. The number of carbonyl (C=O) groups is 1.